The summed E-state index contributed by atoms with van der Waals surface area (Å²) in [5.74, 6) is -3.32. The largest absolute Gasteiger partial charge is 0.490 e. The zero-order chi connectivity index (χ0) is 28.6. The average molecular weight is 555 g/mol. The first-order chi connectivity index (χ1) is 17.6. The zero-order valence-electron chi connectivity index (χ0n) is 20.2. The van der Waals surface area contributed by atoms with Gasteiger partial charge in [0.25, 0.3) is 0 Å². The van der Waals surface area contributed by atoms with Gasteiger partial charge in [-0.3, -0.25) is 4.90 Å². The molecular formula is C22H27F6N5O5. The van der Waals surface area contributed by atoms with Gasteiger partial charge in [0, 0.05) is 51.8 Å². The van der Waals surface area contributed by atoms with Crippen molar-refractivity contribution in [2.45, 2.75) is 37.3 Å². The van der Waals surface area contributed by atoms with Crippen molar-refractivity contribution in [2.24, 2.45) is 7.05 Å². The smallest absolute Gasteiger partial charge is 0.475 e. The van der Waals surface area contributed by atoms with Crippen molar-refractivity contribution in [1.29, 1.82) is 0 Å². The number of hydrogen-bond donors (Lipinski definition) is 2. The first kappa shape index (κ1) is 30.8. The van der Waals surface area contributed by atoms with E-state index in [2.05, 4.69) is 43.5 Å². The van der Waals surface area contributed by atoms with Gasteiger partial charge in [0.05, 0.1) is 18.8 Å². The van der Waals surface area contributed by atoms with E-state index in [4.69, 9.17) is 24.5 Å². The number of morpholine rings is 1. The van der Waals surface area contributed by atoms with Crippen LogP contribution in [0.1, 0.15) is 18.7 Å². The molecule has 2 N–H and O–H groups in total. The summed E-state index contributed by atoms with van der Waals surface area (Å²) in [5.41, 5.74) is -0.0199. The Morgan fingerprint density at radius 2 is 1.55 bits per heavy atom. The monoisotopic (exact) mass is 555 g/mol. The van der Waals surface area contributed by atoms with Crippen LogP contribution < -0.4 is 4.90 Å². The van der Waals surface area contributed by atoms with Crippen molar-refractivity contribution in [3.05, 3.63) is 42.6 Å². The summed E-state index contributed by atoms with van der Waals surface area (Å²) in [5, 5.41) is 14.2. The normalized spacial score (nSPS) is 17.6. The van der Waals surface area contributed by atoms with Gasteiger partial charge in [-0.15, -0.1) is 0 Å². The van der Waals surface area contributed by atoms with Crippen LogP contribution in [0.25, 0.3) is 0 Å². The molecule has 2 saturated heterocycles. The minimum Gasteiger partial charge on any atom is -0.475 e. The Bertz CT molecular complexity index is 1020. The van der Waals surface area contributed by atoms with Gasteiger partial charge >= 0.3 is 24.3 Å². The molecule has 2 aromatic heterocycles. The lowest BCUT2D eigenvalue weighted by atomic mass is 9.89. The van der Waals surface area contributed by atoms with Crippen molar-refractivity contribution in [3.63, 3.8) is 0 Å². The predicted molar refractivity (Wildman–Crippen MR) is 120 cm³/mol. The van der Waals surface area contributed by atoms with Crippen LogP contribution in [0.2, 0.25) is 0 Å². The number of pyridine rings is 1. The summed E-state index contributed by atoms with van der Waals surface area (Å²) in [4.78, 5) is 31.6. The number of alkyl halides is 6. The van der Waals surface area contributed by atoms with Crippen LogP contribution in [0, 0.1) is 0 Å². The number of imidazole rings is 1. The molecule has 1 spiro atoms. The molecule has 0 aliphatic carbocycles. The van der Waals surface area contributed by atoms with E-state index >= 15 is 0 Å². The summed E-state index contributed by atoms with van der Waals surface area (Å²) in [6, 6.07) is 6.12. The SMILES string of the molecule is Cn1ccnc1CN1CCC2(CC1)CN(c1ccccn1)CCO2.O=C(O)C(F)(F)F.O=C(O)C(F)(F)F. The lowest BCUT2D eigenvalue weighted by molar-refractivity contribution is -0.193. The van der Waals surface area contributed by atoms with Crippen LogP contribution in [-0.4, -0.2) is 92.3 Å². The molecular weight excluding hydrogens is 528 g/mol. The Morgan fingerprint density at radius 1 is 0.974 bits per heavy atom. The topological polar surface area (TPSA) is 121 Å². The Morgan fingerprint density at radius 3 is 2.00 bits per heavy atom. The Labute approximate surface area is 213 Å². The maximum Gasteiger partial charge on any atom is 0.490 e. The van der Waals surface area contributed by atoms with Crippen LogP contribution in [-0.2, 0) is 27.9 Å². The molecule has 0 bridgehead atoms. The molecule has 2 aliphatic rings. The molecule has 4 rings (SSSR count). The molecule has 2 aliphatic heterocycles. The highest BCUT2D eigenvalue weighted by Gasteiger charge is 2.40. The molecule has 0 unspecified atom stereocenters. The molecule has 0 aromatic carbocycles. The van der Waals surface area contributed by atoms with Gasteiger partial charge in [0.1, 0.15) is 11.6 Å². The molecule has 212 valence electrons. The van der Waals surface area contributed by atoms with Gasteiger partial charge in [-0.1, -0.05) is 6.07 Å². The summed E-state index contributed by atoms with van der Waals surface area (Å²) in [6.07, 6.45) is -2.28. The van der Waals surface area contributed by atoms with Gasteiger partial charge in [0.2, 0.25) is 0 Å². The standard InChI is InChI=1S/C18H25N5O.2C2HF3O2/c1-21-11-8-20-17(21)14-22-9-5-18(6-10-22)15-23(12-13-24-18)16-4-2-3-7-19-16;2*3-2(4,5)1(6)7/h2-4,7-8,11H,5-6,9-10,12-15H2,1H3;2*(H,6,7). The molecule has 4 heterocycles. The van der Waals surface area contributed by atoms with Gasteiger partial charge in [-0.2, -0.15) is 26.3 Å². The van der Waals surface area contributed by atoms with Crippen LogP contribution in [0.15, 0.2) is 36.8 Å². The van der Waals surface area contributed by atoms with Gasteiger partial charge in [0.15, 0.2) is 0 Å². The second-order valence-corrected chi connectivity index (χ2v) is 8.48. The fraction of sp³-hybridized carbons (Fsp3) is 0.545. The van der Waals surface area contributed by atoms with E-state index in [0.717, 1.165) is 63.8 Å². The molecule has 2 fully saturated rings. The number of halogens is 6. The average Bonchev–Trinajstić information content (AvgIpc) is 3.25. The first-order valence-corrected chi connectivity index (χ1v) is 11.2. The lowest BCUT2D eigenvalue weighted by Gasteiger charge is -2.47. The summed E-state index contributed by atoms with van der Waals surface area (Å²) >= 11 is 0. The number of likely N-dealkylation sites (tertiary alicyclic amines) is 1. The van der Waals surface area contributed by atoms with Crippen molar-refractivity contribution in [2.75, 3.05) is 37.7 Å². The number of hydrogen-bond acceptors (Lipinski definition) is 7. The van der Waals surface area contributed by atoms with Crippen LogP contribution in [0.5, 0.6) is 0 Å². The quantitative estimate of drug-likeness (QED) is 0.551. The highest BCUT2D eigenvalue weighted by atomic mass is 19.4. The highest BCUT2D eigenvalue weighted by Crippen LogP contribution is 2.32. The summed E-state index contributed by atoms with van der Waals surface area (Å²) in [7, 11) is 2.06. The zero-order valence-corrected chi connectivity index (χ0v) is 20.2. The molecule has 16 heteroatoms. The third-order valence-electron chi connectivity index (χ3n) is 5.76. The van der Waals surface area contributed by atoms with Crippen molar-refractivity contribution in [3.8, 4) is 0 Å². The third kappa shape index (κ3) is 9.48. The number of ether oxygens (including phenoxy) is 1. The lowest BCUT2D eigenvalue weighted by Crippen LogP contribution is -2.57. The molecule has 0 amide bonds. The van der Waals surface area contributed by atoms with Crippen molar-refractivity contribution < 1.29 is 50.9 Å². The first-order valence-electron chi connectivity index (χ1n) is 11.2. The number of aryl methyl sites for hydroxylation is 1. The Balaban J connectivity index is 0.000000301. The van der Waals surface area contributed by atoms with E-state index in [0.29, 0.717) is 0 Å². The number of carboxylic acid groups (broad SMARTS) is 2. The fourth-order valence-electron chi connectivity index (χ4n) is 3.75. The molecule has 2 aromatic rings. The molecule has 0 radical (unpaired) electrons. The van der Waals surface area contributed by atoms with Gasteiger partial charge in [-0.25, -0.2) is 19.6 Å². The van der Waals surface area contributed by atoms with Crippen molar-refractivity contribution in [1.82, 2.24) is 19.4 Å². The number of nitrogens with zero attached hydrogens (tertiary/aromatic N) is 5. The van der Waals surface area contributed by atoms with E-state index in [1.54, 1.807) is 0 Å². The second kappa shape index (κ2) is 12.9. The van der Waals surface area contributed by atoms with Crippen LogP contribution in [0.4, 0.5) is 32.2 Å². The molecule has 0 saturated carbocycles. The van der Waals surface area contributed by atoms with Crippen LogP contribution in [0.3, 0.4) is 0 Å². The number of rotatable bonds is 3. The van der Waals surface area contributed by atoms with E-state index in [-0.39, 0.29) is 5.60 Å². The summed E-state index contributed by atoms with van der Waals surface area (Å²) < 4.78 is 71.8. The molecule has 38 heavy (non-hydrogen) atoms. The fourth-order valence-corrected chi connectivity index (χ4v) is 3.75. The Kier molecular flexibility index (Phi) is 10.5. The maximum atomic E-state index is 10.6. The third-order valence-corrected chi connectivity index (χ3v) is 5.76. The number of aromatic nitrogens is 3. The summed E-state index contributed by atoms with van der Waals surface area (Å²) in [6.45, 7) is 5.70. The number of carboxylic acids is 2. The highest BCUT2D eigenvalue weighted by molar-refractivity contribution is 5.73. The minimum atomic E-state index is -5.08. The van der Waals surface area contributed by atoms with Gasteiger partial charge < -0.3 is 24.4 Å². The number of anilines is 1. The number of carbonyl (C=O) groups is 2. The Hall–Kier alpha value is -3.40. The van der Waals surface area contributed by atoms with E-state index in [1.807, 2.05) is 24.7 Å². The number of aliphatic carboxylic acids is 2. The predicted octanol–water partition coefficient (Wildman–Crippen LogP) is 2.95. The minimum absolute atomic E-state index is 0.0199. The second-order valence-electron chi connectivity index (χ2n) is 8.48. The van der Waals surface area contributed by atoms with Crippen molar-refractivity contribution >= 4 is 17.8 Å². The maximum absolute atomic E-state index is 10.6. The molecule has 0 atom stereocenters. The van der Waals surface area contributed by atoms with Gasteiger partial charge in [-0.05, 0) is 25.0 Å². The van der Waals surface area contributed by atoms with E-state index in [9.17, 15) is 26.3 Å². The number of piperidine rings is 1. The van der Waals surface area contributed by atoms with Crippen LogP contribution >= 0.6 is 0 Å². The van der Waals surface area contributed by atoms with E-state index < -0.39 is 24.3 Å². The van der Waals surface area contributed by atoms with E-state index in [1.165, 1.54) is 0 Å². The molecule has 10 nitrogen and oxygen atoms in total.